The van der Waals surface area contributed by atoms with E-state index in [0.717, 1.165) is 26.2 Å². The Kier molecular flexibility index (Phi) is 4.60. The van der Waals surface area contributed by atoms with Gasteiger partial charge in [0.05, 0.1) is 6.20 Å². The van der Waals surface area contributed by atoms with Gasteiger partial charge < -0.3 is 10.0 Å². The summed E-state index contributed by atoms with van der Waals surface area (Å²) < 4.78 is 1.92. The zero-order valence-corrected chi connectivity index (χ0v) is 12.5. The lowest BCUT2D eigenvalue weighted by atomic mass is 9.97. The second kappa shape index (κ2) is 6.03. The van der Waals surface area contributed by atoms with E-state index < -0.39 is 0 Å². The van der Waals surface area contributed by atoms with Crippen LogP contribution in [-0.2, 0) is 13.6 Å². The summed E-state index contributed by atoms with van der Waals surface area (Å²) in [5.74, 6) is 0.969. The van der Waals surface area contributed by atoms with Crippen LogP contribution in [0.5, 0.6) is 0 Å². The largest absolute Gasteiger partial charge is 0.396 e. The van der Waals surface area contributed by atoms with Crippen LogP contribution >= 0.6 is 0 Å². The fourth-order valence-corrected chi connectivity index (χ4v) is 2.99. The zero-order chi connectivity index (χ0) is 14.0. The molecule has 0 amide bonds. The average molecular weight is 266 g/mol. The van der Waals surface area contributed by atoms with Crippen molar-refractivity contribution in [1.82, 2.24) is 19.6 Å². The fraction of sp³-hybridized carbons (Fsp3) is 0.786. The Balaban J connectivity index is 1.97. The van der Waals surface area contributed by atoms with Gasteiger partial charge in [-0.25, -0.2) is 0 Å². The number of likely N-dealkylation sites (tertiary alicyclic amines) is 1. The maximum Gasteiger partial charge on any atom is 0.0537 e. The van der Waals surface area contributed by atoms with Crippen molar-refractivity contribution in [3.05, 3.63) is 17.5 Å². The number of hydrogen-bond donors (Lipinski definition) is 1. The lowest BCUT2D eigenvalue weighted by Crippen LogP contribution is -2.28. The minimum atomic E-state index is 0.293. The third kappa shape index (κ3) is 3.35. The van der Waals surface area contributed by atoms with Gasteiger partial charge in [-0.05, 0) is 32.9 Å². The topological polar surface area (TPSA) is 44.5 Å². The van der Waals surface area contributed by atoms with Crippen molar-refractivity contribution in [2.24, 2.45) is 18.9 Å². The van der Waals surface area contributed by atoms with Crippen molar-refractivity contribution >= 4 is 0 Å². The molecule has 0 aliphatic carbocycles. The summed E-state index contributed by atoms with van der Waals surface area (Å²) in [4.78, 5) is 4.66. The predicted octanol–water partition coefficient (Wildman–Crippen LogP) is 0.330. The number of aromatic nitrogens is 2. The van der Waals surface area contributed by atoms with Gasteiger partial charge in [-0.2, -0.15) is 5.10 Å². The Bertz CT molecular complexity index is 416. The van der Waals surface area contributed by atoms with Crippen molar-refractivity contribution in [3.63, 3.8) is 0 Å². The molecule has 1 aliphatic heterocycles. The summed E-state index contributed by atoms with van der Waals surface area (Å²) in [5, 5.41) is 13.8. The third-order valence-electron chi connectivity index (χ3n) is 4.22. The molecule has 19 heavy (non-hydrogen) atoms. The highest BCUT2D eigenvalue weighted by atomic mass is 16.3. The number of hydrogen-bond acceptors (Lipinski definition) is 4. The van der Waals surface area contributed by atoms with Crippen molar-refractivity contribution in [1.29, 1.82) is 0 Å². The average Bonchev–Trinajstić information content (AvgIpc) is 2.87. The summed E-state index contributed by atoms with van der Waals surface area (Å²) in [5.41, 5.74) is 2.53. The first-order valence-electron chi connectivity index (χ1n) is 6.96. The monoisotopic (exact) mass is 266 g/mol. The number of nitrogens with zero attached hydrogens (tertiary/aromatic N) is 4. The molecule has 1 fully saturated rings. The van der Waals surface area contributed by atoms with E-state index in [9.17, 15) is 5.11 Å². The summed E-state index contributed by atoms with van der Waals surface area (Å²) >= 11 is 0. The van der Waals surface area contributed by atoms with Crippen LogP contribution in [-0.4, -0.2) is 65.0 Å². The molecule has 108 valence electrons. The van der Waals surface area contributed by atoms with Gasteiger partial charge in [0.1, 0.15) is 0 Å². The van der Waals surface area contributed by atoms with Gasteiger partial charge in [-0.15, -0.1) is 0 Å². The maximum absolute atomic E-state index is 9.53. The standard InChI is InChI=1S/C14H26N4O/c1-11-12(5-15-17(11)4)7-18-8-13(6-16(2)3)14(9-18)10-19/h5,13-14,19H,6-10H2,1-4H3/t13-,14-/m1/s1. The Morgan fingerprint density at radius 1 is 1.37 bits per heavy atom. The predicted molar refractivity (Wildman–Crippen MR) is 75.8 cm³/mol. The molecular formula is C14H26N4O. The van der Waals surface area contributed by atoms with E-state index >= 15 is 0 Å². The minimum Gasteiger partial charge on any atom is -0.396 e. The molecule has 1 N–H and O–H groups in total. The molecule has 2 atom stereocenters. The molecule has 1 aromatic rings. The highest BCUT2D eigenvalue weighted by molar-refractivity contribution is 5.15. The van der Waals surface area contributed by atoms with Crippen LogP contribution in [0.1, 0.15) is 11.3 Å². The van der Waals surface area contributed by atoms with Crippen molar-refractivity contribution in [2.45, 2.75) is 13.5 Å². The Hall–Kier alpha value is -0.910. The van der Waals surface area contributed by atoms with E-state index in [4.69, 9.17) is 0 Å². The van der Waals surface area contributed by atoms with Gasteiger partial charge in [0.25, 0.3) is 0 Å². The normalized spacial score (nSPS) is 24.5. The summed E-state index contributed by atoms with van der Waals surface area (Å²) in [6.07, 6.45) is 1.96. The van der Waals surface area contributed by atoms with Gasteiger partial charge in [0.2, 0.25) is 0 Å². The Labute approximate surface area is 115 Å². The van der Waals surface area contributed by atoms with Gasteiger partial charge in [-0.1, -0.05) is 0 Å². The second-order valence-electron chi connectivity index (χ2n) is 6.04. The highest BCUT2D eigenvalue weighted by Gasteiger charge is 2.32. The number of aryl methyl sites for hydroxylation is 1. The van der Waals surface area contributed by atoms with Crippen LogP contribution in [0.15, 0.2) is 6.20 Å². The molecule has 2 heterocycles. The zero-order valence-electron chi connectivity index (χ0n) is 12.5. The molecule has 0 spiro atoms. The van der Waals surface area contributed by atoms with Crippen LogP contribution in [0, 0.1) is 18.8 Å². The smallest absolute Gasteiger partial charge is 0.0537 e. The molecule has 0 aromatic carbocycles. The summed E-state index contributed by atoms with van der Waals surface area (Å²) in [6, 6.07) is 0. The highest BCUT2D eigenvalue weighted by Crippen LogP contribution is 2.25. The quantitative estimate of drug-likeness (QED) is 0.834. The van der Waals surface area contributed by atoms with E-state index in [1.54, 1.807) is 0 Å². The van der Waals surface area contributed by atoms with Crippen LogP contribution in [0.2, 0.25) is 0 Å². The lowest BCUT2D eigenvalue weighted by molar-refractivity contribution is 0.183. The van der Waals surface area contributed by atoms with Gasteiger partial charge in [-0.3, -0.25) is 9.58 Å². The van der Waals surface area contributed by atoms with Crippen LogP contribution in [0.25, 0.3) is 0 Å². The number of aliphatic hydroxyl groups excluding tert-OH is 1. The first kappa shape index (κ1) is 14.5. The SMILES string of the molecule is Cc1c(CN2C[C@@H](CN(C)C)[C@@H](CO)C2)cnn1C. The number of rotatable bonds is 5. The molecule has 1 aliphatic rings. The molecule has 1 saturated heterocycles. The van der Waals surface area contributed by atoms with Gasteiger partial charge >= 0.3 is 0 Å². The second-order valence-corrected chi connectivity index (χ2v) is 6.04. The Morgan fingerprint density at radius 3 is 2.58 bits per heavy atom. The number of aliphatic hydroxyl groups is 1. The molecule has 0 unspecified atom stereocenters. The first-order valence-corrected chi connectivity index (χ1v) is 6.96. The summed E-state index contributed by atoms with van der Waals surface area (Å²) in [7, 11) is 6.18. The van der Waals surface area contributed by atoms with E-state index in [1.165, 1.54) is 11.3 Å². The van der Waals surface area contributed by atoms with Crippen molar-refractivity contribution < 1.29 is 5.11 Å². The molecule has 0 saturated carbocycles. The van der Waals surface area contributed by atoms with E-state index in [0.29, 0.717) is 18.4 Å². The molecule has 0 bridgehead atoms. The molecule has 2 rings (SSSR count). The molecule has 5 nitrogen and oxygen atoms in total. The fourth-order valence-electron chi connectivity index (χ4n) is 2.99. The van der Waals surface area contributed by atoms with Gasteiger partial charge in [0.15, 0.2) is 0 Å². The van der Waals surface area contributed by atoms with E-state index in [-0.39, 0.29) is 0 Å². The molecule has 5 heteroatoms. The molecule has 1 aromatic heterocycles. The maximum atomic E-state index is 9.53. The van der Waals surface area contributed by atoms with Crippen LogP contribution < -0.4 is 0 Å². The summed E-state index contributed by atoms with van der Waals surface area (Å²) in [6.45, 7) is 6.45. The first-order chi connectivity index (χ1) is 9.01. The van der Waals surface area contributed by atoms with E-state index in [1.807, 2.05) is 17.9 Å². The van der Waals surface area contributed by atoms with Crippen molar-refractivity contribution in [2.75, 3.05) is 40.3 Å². The van der Waals surface area contributed by atoms with Crippen molar-refractivity contribution in [3.8, 4) is 0 Å². The third-order valence-corrected chi connectivity index (χ3v) is 4.22. The van der Waals surface area contributed by atoms with E-state index in [2.05, 4.69) is 35.9 Å². The molecular weight excluding hydrogens is 240 g/mol. The minimum absolute atomic E-state index is 0.293. The van der Waals surface area contributed by atoms with Gasteiger partial charge in [0, 0.05) is 51.1 Å². The molecule has 0 radical (unpaired) electrons. The Morgan fingerprint density at radius 2 is 2.05 bits per heavy atom. The van der Waals surface area contributed by atoms with Crippen LogP contribution in [0.4, 0.5) is 0 Å². The van der Waals surface area contributed by atoms with Crippen LogP contribution in [0.3, 0.4) is 0 Å². The lowest BCUT2D eigenvalue weighted by Gasteiger charge is -2.20.